The van der Waals surface area contributed by atoms with Crippen LogP contribution in [0.1, 0.15) is 35.0 Å². The molecule has 0 saturated heterocycles. The van der Waals surface area contributed by atoms with Crippen LogP contribution in [-0.4, -0.2) is 38.3 Å². The first-order valence-electron chi connectivity index (χ1n) is 13.0. The number of carbonyl (C=O) groups excluding carboxylic acids is 1. The molecule has 0 atom stereocenters. The number of rotatable bonds is 10. The zero-order valence-corrected chi connectivity index (χ0v) is 24.2. The molecular formula is C31H34N4O4S. The Hall–Kier alpha value is -4.37. The molecule has 0 aliphatic carbocycles. The summed E-state index contributed by atoms with van der Waals surface area (Å²) in [6.07, 6.45) is 1.58. The first kappa shape index (κ1) is 28.6. The molecule has 40 heavy (non-hydrogen) atoms. The van der Waals surface area contributed by atoms with E-state index in [1.807, 2.05) is 26.8 Å². The first-order valence-corrected chi connectivity index (χ1v) is 14.4. The number of ether oxygens (including phenoxy) is 1. The van der Waals surface area contributed by atoms with Crippen molar-refractivity contribution in [3.8, 4) is 11.4 Å². The molecule has 4 rings (SSSR count). The van der Waals surface area contributed by atoms with Gasteiger partial charge in [-0.25, -0.2) is 13.8 Å². The van der Waals surface area contributed by atoms with Gasteiger partial charge in [0.2, 0.25) is 0 Å². The highest BCUT2D eigenvalue weighted by molar-refractivity contribution is 7.92. The van der Waals surface area contributed by atoms with Crippen LogP contribution in [0.3, 0.4) is 0 Å². The van der Waals surface area contributed by atoms with Crippen molar-refractivity contribution >= 4 is 27.8 Å². The molecule has 1 heterocycles. The second-order valence-electron chi connectivity index (χ2n) is 9.50. The van der Waals surface area contributed by atoms with Crippen LogP contribution >= 0.6 is 0 Å². The van der Waals surface area contributed by atoms with Crippen LogP contribution in [0.15, 0.2) is 88.9 Å². The molecular weight excluding hydrogens is 524 g/mol. The number of anilines is 1. The largest absolute Gasteiger partial charge is 0.494 e. The lowest BCUT2D eigenvalue weighted by Crippen LogP contribution is -2.39. The number of amides is 1. The van der Waals surface area contributed by atoms with Gasteiger partial charge >= 0.3 is 0 Å². The lowest BCUT2D eigenvalue weighted by atomic mass is 10.1. The summed E-state index contributed by atoms with van der Waals surface area (Å²) in [6, 6.07) is 22.9. The molecule has 0 radical (unpaired) electrons. The van der Waals surface area contributed by atoms with Crippen molar-refractivity contribution < 1.29 is 17.9 Å². The van der Waals surface area contributed by atoms with E-state index < -0.39 is 22.5 Å². The Morgan fingerprint density at radius 3 is 2.33 bits per heavy atom. The van der Waals surface area contributed by atoms with E-state index in [0.717, 1.165) is 32.5 Å². The van der Waals surface area contributed by atoms with Crippen LogP contribution in [0, 0.1) is 27.7 Å². The number of hydrogen-bond donors (Lipinski definition) is 1. The lowest BCUT2D eigenvalue weighted by Gasteiger charge is -2.24. The molecule has 0 aliphatic heterocycles. The lowest BCUT2D eigenvalue weighted by molar-refractivity contribution is -0.119. The van der Waals surface area contributed by atoms with E-state index >= 15 is 0 Å². The van der Waals surface area contributed by atoms with E-state index in [1.54, 1.807) is 48.7 Å². The molecule has 3 aromatic carbocycles. The number of carbonyl (C=O) groups is 1. The number of nitrogens with one attached hydrogen (secondary N) is 1. The van der Waals surface area contributed by atoms with Gasteiger partial charge in [-0.05, 0) is 88.7 Å². The van der Waals surface area contributed by atoms with E-state index in [4.69, 9.17) is 4.74 Å². The number of nitrogens with zero attached hydrogens (tertiary/aromatic N) is 3. The monoisotopic (exact) mass is 558 g/mol. The first-order chi connectivity index (χ1) is 19.1. The second-order valence-corrected chi connectivity index (χ2v) is 11.4. The Bertz CT molecular complexity index is 1630. The van der Waals surface area contributed by atoms with Gasteiger partial charge in [0, 0.05) is 22.6 Å². The van der Waals surface area contributed by atoms with E-state index in [-0.39, 0.29) is 4.90 Å². The van der Waals surface area contributed by atoms with Crippen molar-refractivity contribution in [1.82, 2.24) is 9.99 Å². The smallest absolute Gasteiger partial charge is 0.264 e. The maximum absolute atomic E-state index is 13.5. The molecule has 1 aromatic heterocycles. The number of sulfonamides is 1. The minimum atomic E-state index is -4.02. The minimum Gasteiger partial charge on any atom is -0.494 e. The molecule has 0 bridgehead atoms. The van der Waals surface area contributed by atoms with Crippen molar-refractivity contribution in [2.24, 2.45) is 5.10 Å². The number of aromatic nitrogens is 1. The van der Waals surface area contributed by atoms with Crippen molar-refractivity contribution in [2.45, 2.75) is 39.5 Å². The number of benzene rings is 3. The van der Waals surface area contributed by atoms with Crippen LogP contribution in [0.4, 0.5) is 5.69 Å². The van der Waals surface area contributed by atoms with Crippen LogP contribution in [0.5, 0.6) is 5.75 Å². The summed E-state index contributed by atoms with van der Waals surface area (Å²) in [6.45, 7) is 10.1. The van der Waals surface area contributed by atoms with Gasteiger partial charge < -0.3 is 9.30 Å². The molecule has 0 unspecified atom stereocenters. The van der Waals surface area contributed by atoms with Crippen molar-refractivity contribution in [1.29, 1.82) is 0 Å². The van der Waals surface area contributed by atoms with Crippen LogP contribution < -0.4 is 14.5 Å². The Balaban J connectivity index is 1.55. The average Bonchev–Trinajstić information content (AvgIpc) is 3.21. The van der Waals surface area contributed by atoms with Gasteiger partial charge in [0.05, 0.1) is 23.4 Å². The molecule has 0 saturated carbocycles. The summed E-state index contributed by atoms with van der Waals surface area (Å²) >= 11 is 0. The number of hydrogen-bond acceptors (Lipinski definition) is 5. The molecule has 0 fully saturated rings. The van der Waals surface area contributed by atoms with Crippen LogP contribution in [0.2, 0.25) is 0 Å². The van der Waals surface area contributed by atoms with Crippen LogP contribution in [0.25, 0.3) is 5.69 Å². The Kier molecular flexibility index (Phi) is 8.74. The molecule has 208 valence electrons. The number of aryl methyl sites for hydroxylation is 3. The Morgan fingerprint density at radius 1 is 0.975 bits per heavy atom. The Morgan fingerprint density at radius 2 is 1.68 bits per heavy atom. The summed E-state index contributed by atoms with van der Waals surface area (Å²) < 4.78 is 35.7. The van der Waals surface area contributed by atoms with Gasteiger partial charge in [-0.1, -0.05) is 35.9 Å². The second kappa shape index (κ2) is 12.2. The zero-order chi connectivity index (χ0) is 28.9. The molecule has 0 aliphatic rings. The topological polar surface area (TPSA) is 93.0 Å². The van der Waals surface area contributed by atoms with E-state index in [2.05, 4.69) is 47.1 Å². The van der Waals surface area contributed by atoms with Gasteiger partial charge in [0.25, 0.3) is 15.9 Å². The SMILES string of the molecule is CCOc1ccc(N(CC(=O)N/N=C\c2cc(C)n(-c3ccc(C)cc3C)c2C)S(=O)(=O)c2ccccc2)cc1. The number of hydrazone groups is 1. The van der Waals surface area contributed by atoms with Crippen LogP contribution in [-0.2, 0) is 14.8 Å². The highest BCUT2D eigenvalue weighted by atomic mass is 32.2. The molecule has 1 N–H and O–H groups in total. The molecule has 1 amide bonds. The summed E-state index contributed by atoms with van der Waals surface area (Å²) in [5.74, 6) is 0.0311. The van der Waals surface area contributed by atoms with Crippen molar-refractivity contribution in [3.63, 3.8) is 0 Å². The Labute approximate surface area is 236 Å². The van der Waals surface area contributed by atoms with Gasteiger partial charge in [-0.3, -0.25) is 9.10 Å². The highest BCUT2D eigenvalue weighted by Crippen LogP contribution is 2.26. The summed E-state index contributed by atoms with van der Waals surface area (Å²) in [5.41, 5.74) is 9.13. The summed E-state index contributed by atoms with van der Waals surface area (Å²) in [5, 5.41) is 4.15. The third kappa shape index (κ3) is 6.26. The third-order valence-corrected chi connectivity index (χ3v) is 8.30. The maximum atomic E-state index is 13.5. The highest BCUT2D eigenvalue weighted by Gasteiger charge is 2.27. The molecule has 0 spiro atoms. The van der Waals surface area contributed by atoms with E-state index in [0.29, 0.717) is 18.0 Å². The van der Waals surface area contributed by atoms with Crippen molar-refractivity contribution in [2.75, 3.05) is 17.5 Å². The summed E-state index contributed by atoms with van der Waals surface area (Å²) in [7, 11) is -4.02. The quantitative estimate of drug-likeness (QED) is 0.207. The fourth-order valence-electron chi connectivity index (χ4n) is 4.59. The molecule has 9 heteroatoms. The fourth-order valence-corrected chi connectivity index (χ4v) is 6.04. The average molecular weight is 559 g/mol. The zero-order valence-electron chi connectivity index (χ0n) is 23.4. The normalized spacial score (nSPS) is 11.5. The predicted molar refractivity (Wildman–Crippen MR) is 159 cm³/mol. The van der Waals surface area contributed by atoms with E-state index in [1.165, 1.54) is 17.7 Å². The van der Waals surface area contributed by atoms with Gasteiger partial charge in [0.1, 0.15) is 12.3 Å². The van der Waals surface area contributed by atoms with Gasteiger partial charge in [0.15, 0.2) is 0 Å². The molecule has 8 nitrogen and oxygen atoms in total. The maximum Gasteiger partial charge on any atom is 0.264 e. The minimum absolute atomic E-state index is 0.0824. The predicted octanol–water partition coefficient (Wildman–Crippen LogP) is 5.46. The third-order valence-electron chi connectivity index (χ3n) is 6.51. The fraction of sp³-hybridized carbons (Fsp3) is 0.226. The van der Waals surface area contributed by atoms with E-state index in [9.17, 15) is 13.2 Å². The van der Waals surface area contributed by atoms with Crippen molar-refractivity contribution in [3.05, 3.63) is 107 Å². The summed E-state index contributed by atoms with van der Waals surface area (Å²) in [4.78, 5) is 13.0. The van der Waals surface area contributed by atoms with Gasteiger partial charge in [-0.15, -0.1) is 0 Å². The molecule has 4 aromatic rings. The standard InChI is InChI=1S/C31H34N4O4S/c1-6-39-28-15-13-27(14-16-28)34(40(37,38)29-10-8-7-9-11-29)21-31(36)33-32-20-26-19-24(4)35(25(26)5)30-17-12-22(2)18-23(30)3/h7-20H,6,21H2,1-5H3,(H,33,36)/b32-20-. The van der Waals surface area contributed by atoms with Gasteiger partial charge in [-0.2, -0.15) is 5.10 Å².